The molecule has 20 heavy (non-hydrogen) atoms. The Balaban J connectivity index is 1.91. The molecule has 1 unspecified atom stereocenters. The van der Waals surface area contributed by atoms with Gasteiger partial charge in [-0.15, -0.1) is 11.3 Å². The second-order valence-corrected chi connectivity index (χ2v) is 8.41. The van der Waals surface area contributed by atoms with E-state index in [0.717, 1.165) is 18.9 Å². The lowest BCUT2D eigenvalue weighted by Gasteiger charge is -2.26. The van der Waals surface area contributed by atoms with Gasteiger partial charge >= 0.3 is 0 Å². The Kier molecular flexibility index (Phi) is 6.85. The zero-order valence-electron chi connectivity index (χ0n) is 13.1. The van der Waals surface area contributed by atoms with Gasteiger partial charge in [0.15, 0.2) is 0 Å². The molecule has 0 aromatic carbocycles. The van der Waals surface area contributed by atoms with E-state index in [0.29, 0.717) is 6.04 Å². The maximum absolute atomic E-state index is 4.73. The van der Waals surface area contributed by atoms with E-state index in [4.69, 9.17) is 4.98 Å². The number of thiazole rings is 1. The minimum atomic E-state index is 0.619. The second-order valence-electron chi connectivity index (χ2n) is 5.90. The van der Waals surface area contributed by atoms with Gasteiger partial charge in [0.1, 0.15) is 0 Å². The number of rotatable bonds is 7. The molecule has 1 aliphatic heterocycles. The van der Waals surface area contributed by atoms with Crippen LogP contribution in [0.1, 0.15) is 48.2 Å². The van der Waals surface area contributed by atoms with Gasteiger partial charge in [0.2, 0.25) is 0 Å². The highest BCUT2D eigenvalue weighted by Gasteiger charge is 2.20. The molecule has 2 nitrogen and oxygen atoms in total. The van der Waals surface area contributed by atoms with Gasteiger partial charge in [-0.2, -0.15) is 11.8 Å². The van der Waals surface area contributed by atoms with Crippen molar-refractivity contribution in [2.24, 2.45) is 5.92 Å². The van der Waals surface area contributed by atoms with Crippen molar-refractivity contribution in [2.45, 2.75) is 58.9 Å². The molecule has 4 heteroatoms. The minimum absolute atomic E-state index is 0.619. The lowest BCUT2D eigenvalue weighted by molar-refractivity contribution is 0.362. The standard InChI is InChI=1S/C16H28N2S2/c1-4-7-17-15(10-14-5-8-19-9-6-14)11-16-18-12(2)13(3)20-16/h14-15,17H,4-11H2,1-3H3. The first-order valence-corrected chi connectivity index (χ1v) is 9.90. The number of thioether (sulfide) groups is 1. The van der Waals surface area contributed by atoms with Crippen molar-refractivity contribution in [2.75, 3.05) is 18.1 Å². The van der Waals surface area contributed by atoms with Gasteiger partial charge < -0.3 is 5.32 Å². The van der Waals surface area contributed by atoms with E-state index in [1.54, 1.807) is 0 Å². The summed E-state index contributed by atoms with van der Waals surface area (Å²) in [6.07, 6.45) is 6.48. The zero-order chi connectivity index (χ0) is 14.4. The first-order valence-electron chi connectivity index (χ1n) is 7.93. The lowest BCUT2D eigenvalue weighted by Crippen LogP contribution is -2.34. The van der Waals surface area contributed by atoms with Crippen LogP contribution in [0.25, 0.3) is 0 Å². The van der Waals surface area contributed by atoms with Gasteiger partial charge in [0, 0.05) is 17.3 Å². The predicted octanol–water partition coefficient (Wildman–Crippen LogP) is 4.20. The van der Waals surface area contributed by atoms with Crippen LogP contribution >= 0.6 is 23.1 Å². The molecule has 0 saturated carbocycles. The van der Waals surface area contributed by atoms with Crippen molar-refractivity contribution < 1.29 is 0 Å². The average Bonchev–Trinajstić information content (AvgIpc) is 2.76. The van der Waals surface area contributed by atoms with Crippen LogP contribution in [-0.2, 0) is 6.42 Å². The number of hydrogen-bond acceptors (Lipinski definition) is 4. The summed E-state index contributed by atoms with van der Waals surface area (Å²) in [6, 6.07) is 0.619. The number of nitrogens with zero attached hydrogens (tertiary/aromatic N) is 1. The largest absolute Gasteiger partial charge is 0.314 e. The molecule has 1 N–H and O–H groups in total. The monoisotopic (exact) mass is 312 g/mol. The zero-order valence-corrected chi connectivity index (χ0v) is 14.7. The normalized spacial score (nSPS) is 18.4. The Labute approximate surface area is 132 Å². The molecular weight excluding hydrogens is 284 g/mol. The molecule has 1 aromatic heterocycles. The molecule has 0 radical (unpaired) electrons. The van der Waals surface area contributed by atoms with Crippen molar-refractivity contribution >= 4 is 23.1 Å². The highest BCUT2D eigenvalue weighted by atomic mass is 32.2. The first-order chi connectivity index (χ1) is 9.69. The summed E-state index contributed by atoms with van der Waals surface area (Å²) in [4.78, 5) is 6.10. The molecule has 2 heterocycles. The Bertz CT molecular complexity index is 378. The summed E-state index contributed by atoms with van der Waals surface area (Å²) in [7, 11) is 0. The Hall–Kier alpha value is -0.0600. The fourth-order valence-electron chi connectivity index (χ4n) is 2.81. The van der Waals surface area contributed by atoms with Crippen LogP contribution in [0.15, 0.2) is 0 Å². The highest BCUT2D eigenvalue weighted by molar-refractivity contribution is 7.99. The van der Waals surface area contributed by atoms with Gasteiger partial charge in [-0.3, -0.25) is 0 Å². The highest BCUT2D eigenvalue weighted by Crippen LogP contribution is 2.28. The molecule has 1 aromatic rings. The smallest absolute Gasteiger partial charge is 0.0946 e. The van der Waals surface area contributed by atoms with Crippen LogP contribution in [0, 0.1) is 19.8 Å². The van der Waals surface area contributed by atoms with Gasteiger partial charge in [-0.05, 0) is 63.5 Å². The van der Waals surface area contributed by atoms with E-state index in [-0.39, 0.29) is 0 Å². The molecule has 2 rings (SSSR count). The van der Waals surface area contributed by atoms with Gasteiger partial charge in [-0.1, -0.05) is 6.92 Å². The number of hydrogen-bond donors (Lipinski definition) is 1. The maximum Gasteiger partial charge on any atom is 0.0946 e. The molecule has 0 amide bonds. The topological polar surface area (TPSA) is 24.9 Å². The van der Waals surface area contributed by atoms with Crippen molar-refractivity contribution in [3.05, 3.63) is 15.6 Å². The van der Waals surface area contributed by atoms with E-state index in [9.17, 15) is 0 Å². The van der Waals surface area contributed by atoms with E-state index >= 15 is 0 Å². The maximum atomic E-state index is 4.73. The van der Waals surface area contributed by atoms with Crippen LogP contribution in [0.4, 0.5) is 0 Å². The second kappa shape index (κ2) is 8.40. The van der Waals surface area contributed by atoms with Crippen LogP contribution in [-0.4, -0.2) is 29.1 Å². The first kappa shape index (κ1) is 16.3. The molecule has 114 valence electrons. The summed E-state index contributed by atoms with van der Waals surface area (Å²) >= 11 is 4.01. The van der Waals surface area contributed by atoms with Crippen LogP contribution in [0.2, 0.25) is 0 Å². The minimum Gasteiger partial charge on any atom is -0.314 e. The van der Waals surface area contributed by atoms with Crippen LogP contribution in [0.5, 0.6) is 0 Å². The predicted molar refractivity (Wildman–Crippen MR) is 92.0 cm³/mol. The van der Waals surface area contributed by atoms with Crippen molar-refractivity contribution in [1.29, 1.82) is 0 Å². The molecule has 0 spiro atoms. The van der Waals surface area contributed by atoms with Crippen LogP contribution < -0.4 is 5.32 Å². The summed E-state index contributed by atoms with van der Waals surface area (Å²) in [5.41, 5.74) is 1.22. The molecular formula is C16H28N2S2. The van der Waals surface area contributed by atoms with Crippen molar-refractivity contribution in [3.63, 3.8) is 0 Å². The number of aryl methyl sites for hydroxylation is 2. The van der Waals surface area contributed by atoms with E-state index in [2.05, 4.69) is 37.8 Å². The lowest BCUT2D eigenvalue weighted by atomic mass is 9.93. The van der Waals surface area contributed by atoms with E-state index in [1.807, 2.05) is 11.3 Å². The SMILES string of the molecule is CCCNC(Cc1nc(C)c(C)s1)CC1CCSCC1. The molecule has 1 fully saturated rings. The Morgan fingerprint density at radius 2 is 2.05 bits per heavy atom. The fraction of sp³-hybridized carbons (Fsp3) is 0.812. The molecule has 1 atom stereocenters. The summed E-state index contributed by atoms with van der Waals surface area (Å²) in [5, 5.41) is 5.07. The molecule has 1 saturated heterocycles. The molecule has 1 aliphatic rings. The third kappa shape index (κ3) is 5.05. The molecule has 0 aliphatic carbocycles. The van der Waals surface area contributed by atoms with E-state index in [1.165, 1.54) is 52.8 Å². The number of aromatic nitrogens is 1. The van der Waals surface area contributed by atoms with Crippen molar-refractivity contribution in [1.82, 2.24) is 10.3 Å². The molecule has 0 bridgehead atoms. The van der Waals surface area contributed by atoms with E-state index < -0.39 is 0 Å². The quantitative estimate of drug-likeness (QED) is 0.816. The number of nitrogens with one attached hydrogen (secondary N) is 1. The summed E-state index contributed by atoms with van der Waals surface area (Å²) in [6.45, 7) is 7.69. The third-order valence-electron chi connectivity index (χ3n) is 4.14. The Morgan fingerprint density at radius 1 is 1.30 bits per heavy atom. The van der Waals surface area contributed by atoms with Gasteiger partial charge in [0.05, 0.1) is 10.7 Å². The van der Waals surface area contributed by atoms with Gasteiger partial charge in [0.25, 0.3) is 0 Å². The van der Waals surface area contributed by atoms with Crippen molar-refractivity contribution in [3.8, 4) is 0 Å². The Morgan fingerprint density at radius 3 is 2.65 bits per heavy atom. The average molecular weight is 313 g/mol. The third-order valence-corrected chi connectivity index (χ3v) is 6.28. The fourth-order valence-corrected chi connectivity index (χ4v) is 5.03. The summed E-state index contributed by atoms with van der Waals surface area (Å²) in [5.74, 6) is 3.65. The van der Waals surface area contributed by atoms with Crippen LogP contribution in [0.3, 0.4) is 0 Å². The summed E-state index contributed by atoms with van der Waals surface area (Å²) < 4.78 is 0. The van der Waals surface area contributed by atoms with Gasteiger partial charge in [-0.25, -0.2) is 4.98 Å².